The van der Waals surface area contributed by atoms with Gasteiger partial charge in [-0.2, -0.15) is 0 Å². The Balaban J connectivity index is 2.21. The van der Waals surface area contributed by atoms with E-state index in [-0.39, 0.29) is 23.4 Å². The fourth-order valence-corrected chi connectivity index (χ4v) is 1.95. The van der Waals surface area contributed by atoms with E-state index in [1.165, 1.54) is 0 Å². The van der Waals surface area contributed by atoms with Crippen molar-refractivity contribution < 1.29 is 9.90 Å². The monoisotopic (exact) mass is 240 g/mol. The maximum atomic E-state index is 11.6. The Bertz CT molecular complexity index is 305. The van der Waals surface area contributed by atoms with Crippen LogP contribution in [0.5, 0.6) is 0 Å². The van der Waals surface area contributed by atoms with Gasteiger partial charge < -0.3 is 15.7 Å². The Morgan fingerprint density at radius 3 is 2.65 bits per heavy atom. The molecule has 0 fully saturated rings. The summed E-state index contributed by atoms with van der Waals surface area (Å²) >= 11 is 0. The molecule has 0 unspecified atom stereocenters. The molecular formula is C13H24N2O2. The summed E-state index contributed by atoms with van der Waals surface area (Å²) in [7, 11) is 0. The molecule has 0 aromatic rings. The van der Waals surface area contributed by atoms with Crippen LogP contribution in [0.4, 0.5) is 0 Å². The summed E-state index contributed by atoms with van der Waals surface area (Å²) in [6, 6.07) is 0.199. The predicted molar refractivity (Wildman–Crippen MR) is 68.8 cm³/mol. The van der Waals surface area contributed by atoms with Gasteiger partial charge in [0.15, 0.2) is 0 Å². The molecule has 0 saturated heterocycles. The molecule has 4 nitrogen and oxygen atoms in total. The van der Waals surface area contributed by atoms with Crippen molar-refractivity contribution in [1.29, 1.82) is 0 Å². The molecule has 1 aliphatic rings. The van der Waals surface area contributed by atoms with Crippen molar-refractivity contribution in [1.82, 2.24) is 10.6 Å². The van der Waals surface area contributed by atoms with E-state index in [0.29, 0.717) is 18.7 Å². The number of hydrogen-bond donors (Lipinski definition) is 3. The quantitative estimate of drug-likeness (QED) is 0.701. The molecule has 1 rings (SSSR count). The number of amides is 1. The highest BCUT2D eigenvalue weighted by molar-refractivity contribution is 5.76. The van der Waals surface area contributed by atoms with Crippen LogP contribution in [0.2, 0.25) is 0 Å². The number of hydrogen-bond acceptors (Lipinski definition) is 3. The minimum Gasteiger partial charge on any atom is -0.511 e. The third-order valence-corrected chi connectivity index (χ3v) is 2.69. The highest BCUT2D eigenvalue weighted by atomic mass is 16.3. The zero-order valence-corrected chi connectivity index (χ0v) is 11.2. The molecular weight excluding hydrogens is 216 g/mol. The Morgan fingerprint density at radius 2 is 2.18 bits per heavy atom. The summed E-state index contributed by atoms with van der Waals surface area (Å²) in [5.74, 6) is 0.467. The highest BCUT2D eigenvalue weighted by Gasteiger charge is 2.22. The van der Waals surface area contributed by atoms with Gasteiger partial charge in [-0.3, -0.25) is 4.79 Å². The predicted octanol–water partition coefficient (Wildman–Crippen LogP) is 1.73. The van der Waals surface area contributed by atoms with Crippen molar-refractivity contribution in [2.24, 2.45) is 5.41 Å². The van der Waals surface area contributed by atoms with E-state index in [4.69, 9.17) is 0 Å². The van der Waals surface area contributed by atoms with E-state index < -0.39 is 0 Å². The first-order chi connectivity index (χ1) is 7.78. The molecule has 0 bridgehead atoms. The standard InChI is InChI=1S/C13H24N2O2/c1-9-7-11(16)10(15-9)5-6-14-12(17)8-13(2,3)4/h7,9-10,15-16H,5-6,8H2,1-4H3,(H,14,17)/t9-,10-/m1/s1. The van der Waals surface area contributed by atoms with E-state index in [0.717, 1.165) is 6.42 Å². The van der Waals surface area contributed by atoms with E-state index in [2.05, 4.69) is 10.6 Å². The molecule has 0 aromatic carbocycles. The zero-order chi connectivity index (χ0) is 13.1. The van der Waals surface area contributed by atoms with E-state index >= 15 is 0 Å². The summed E-state index contributed by atoms with van der Waals surface area (Å²) in [5.41, 5.74) is 0.0201. The molecule has 0 aliphatic carbocycles. The molecule has 0 aromatic heterocycles. The second-order valence-electron chi connectivity index (χ2n) is 5.98. The topological polar surface area (TPSA) is 61.4 Å². The second kappa shape index (κ2) is 5.54. The van der Waals surface area contributed by atoms with Gasteiger partial charge in [0, 0.05) is 19.0 Å². The van der Waals surface area contributed by atoms with E-state index in [1.54, 1.807) is 0 Å². The highest BCUT2D eigenvalue weighted by Crippen LogP contribution is 2.18. The van der Waals surface area contributed by atoms with Crippen LogP contribution >= 0.6 is 0 Å². The zero-order valence-electron chi connectivity index (χ0n) is 11.2. The molecule has 98 valence electrons. The van der Waals surface area contributed by atoms with Gasteiger partial charge in [-0.15, -0.1) is 0 Å². The van der Waals surface area contributed by atoms with Gasteiger partial charge in [0.25, 0.3) is 0 Å². The minimum absolute atomic E-state index is 0.0139. The number of carbonyl (C=O) groups is 1. The molecule has 0 saturated carbocycles. The Kier molecular flexibility index (Phi) is 4.57. The molecule has 1 heterocycles. The lowest BCUT2D eigenvalue weighted by Gasteiger charge is -2.18. The van der Waals surface area contributed by atoms with Crippen LogP contribution in [0.25, 0.3) is 0 Å². The largest absolute Gasteiger partial charge is 0.511 e. The maximum absolute atomic E-state index is 11.6. The smallest absolute Gasteiger partial charge is 0.220 e. The molecule has 0 radical (unpaired) electrons. The van der Waals surface area contributed by atoms with Gasteiger partial charge in [-0.25, -0.2) is 0 Å². The number of nitrogens with one attached hydrogen (secondary N) is 2. The van der Waals surface area contributed by atoms with Gasteiger partial charge in [0.05, 0.1) is 6.04 Å². The van der Waals surface area contributed by atoms with Crippen molar-refractivity contribution >= 4 is 5.91 Å². The van der Waals surface area contributed by atoms with Gasteiger partial charge in [-0.1, -0.05) is 20.8 Å². The first kappa shape index (κ1) is 14.0. The average molecular weight is 240 g/mol. The van der Waals surface area contributed by atoms with Gasteiger partial charge in [-0.05, 0) is 24.8 Å². The van der Waals surface area contributed by atoms with Crippen molar-refractivity contribution in [3.05, 3.63) is 11.8 Å². The minimum atomic E-state index is -0.0139. The Labute approximate surface area is 103 Å². The van der Waals surface area contributed by atoms with E-state index in [1.807, 2.05) is 33.8 Å². The molecule has 1 amide bonds. The number of rotatable bonds is 4. The van der Waals surface area contributed by atoms with Crippen LogP contribution in [-0.4, -0.2) is 29.6 Å². The summed E-state index contributed by atoms with van der Waals surface area (Å²) in [5, 5.41) is 15.7. The van der Waals surface area contributed by atoms with Gasteiger partial charge >= 0.3 is 0 Å². The maximum Gasteiger partial charge on any atom is 0.220 e. The second-order valence-corrected chi connectivity index (χ2v) is 5.98. The molecule has 1 aliphatic heterocycles. The average Bonchev–Trinajstić information content (AvgIpc) is 2.42. The Hall–Kier alpha value is -1.03. The first-order valence-electron chi connectivity index (χ1n) is 6.21. The van der Waals surface area contributed by atoms with Crippen LogP contribution in [0.1, 0.15) is 40.5 Å². The summed E-state index contributed by atoms with van der Waals surface area (Å²) in [6.45, 7) is 8.72. The lowest BCUT2D eigenvalue weighted by atomic mass is 9.92. The fourth-order valence-electron chi connectivity index (χ4n) is 1.95. The van der Waals surface area contributed by atoms with Crippen LogP contribution in [0.15, 0.2) is 11.8 Å². The lowest BCUT2D eigenvalue weighted by Crippen LogP contribution is -2.35. The normalized spacial score (nSPS) is 24.6. The third kappa shape index (κ3) is 5.22. The first-order valence-corrected chi connectivity index (χ1v) is 6.21. The SMILES string of the molecule is C[C@@H]1C=C(O)[C@@H](CCNC(=O)CC(C)(C)C)N1. The van der Waals surface area contributed by atoms with Gasteiger partial charge in [0.1, 0.15) is 5.76 Å². The van der Waals surface area contributed by atoms with Crippen molar-refractivity contribution in [3.8, 4) is 0 Å². The summed E-state index contributed by atoms with van der Waals surface area (Å²) < 4.78 is 0. The Morgan fingerprint density at radius 1 is 1.53 bits per heavy atom. The summed E-state index contributed by atoms with van der Waals surface area (Å²) in [6.07, 6.45) is 3.06. The number of carbonyl (C=O) groups excluding carboxylic acids is 1. The van der Waals surface area contributed by atoms with E-state index in [9.17, 15) is 9.90 Å². The van der Waals surface area contributed by atoms with Crippen molar-refractivity contribution in [2.45, 2.75) is 52.6 Å². The van der Waals surface area contributed by atoms with Crippen LogP contribution < -0.4 is 10.6 Å². The third-order valence-electron chi connectivity index (χ3n) is 2.69. The fraction of sp³-hybridized carbons (Fsp3) is 0.769. The lowest BCUT2D eigenvalue weighted by molar-refractivity contribution is -0.122. The van der Waals surface area contributed by atoms with Crippen LogP contribution in [-0.2, 0) is 4.79 Å². The molecule has 3 N–H and O–H groups in total. The number of aliphatic hydroxyl groups is 1. The van der Waals surface area contributed by atoms with Gasteiger partial charge in [0.2, 0.25) is 5.91 Å². The van der Waals surface area contributed by atoms with Crippen LogP contribution in [0.3, 0.4) is 0 Å². The number of aliphatic hydroxyl groups excluding tert-OH is 1. The molecule has 2 atom stereocenters. The molecule has 0 spiro atoms. The summed E-state index contributed by atoms with van der Waals surface area (Å²) in [4.78, 5) is 11.6. The van der Waals surface area contributed by atoms with Crippen molar-refractivity contribution in [2.75, 3.05) is 6.54 Å². The molecule has 17 heavy (non-hydrogen) atoms. The molecule has 4 heteroatoms. The van der Waals surface area contributed by atoms with Crippen molar-refractivity contribution in [3.63, 3.8) is 0 Å². The van der Waals surface area contributed by atoms with Crippen LogP contribution in [0, 0.1) is 5.41 Å².